The largest absolute Gasteiger partial charge is 0.495 e. The molecule has 0 aliphatic heterocycles. The van der Waals surface area contributed by atoms with E-state index in [2.05, 4.69) is 15.7 Å². The van der Waals surface area contributed by atoms with Gasteiger partial charge in [-0.25, -0.2) is 13.9 Å². The minimum absolute atomic E-state index is 0.170. The van der Waals surface area contributed by atoms with E-state index in [9.17, 15) is 14.0 Å². The second-order valence-electron chi connectivity index (χ2n) is 8.62. The summed E-state index contributed by atoms with van der Waals surface area (Å²) >= 11 is 0. The van der Waals surface area contributed by atoms with Gasteiger partial charge in [-0.1, -0.05) is 55.8 Å². The standard InChI is InChI=1S/C29H30FN5O3/c1-3-4-18-34(29(37)31-24-12-8-9-13-26(24)38-2)20-28(36)32-27-19-25(21-10-6-5-7-11-21)33-35(27)23-16-14-22(30)15-17-23/h5-17,19H,3-4,18,20H2,1-2H3,(H,31,37)(H,32,36). The van der Waals surface area contributed by atoms with Crippen LogP contribution in [-0.2, 0) is 4.79 Å². The lowest BCUT2D eigenvalue weighted by Crippen LogP contribution is -2.41. The number of anilines is 2. The second kappa shape index (κ2) is 12.5. The number of amides is 3. The van der Waals surface area contributed by atoms with E-state index >= 15 is 0 Å². The lowest BCUT2D eigenvalue weighted by atomic mass is 10.1. The van der Waals surface area contributed by atoms with E-state index in [0.29, 0.717) is 35.2 Å². The molecular formula is C29H30FN5O3. The van der Waals surface area contributed by atoms with Crippen LogP contribution in [0.15, 0.2) is 84.9 Å². The number of benzene rings is 3. The number of unbranched alkanes of at least 4 members (excludes halogenated alkanes) is 1. The lowest BCUT2D eigenvalue weighted by molar-refractivity contribution is -0.116. The summed E-state index contributed by atoms with van der Waals surface area (Å²) in [4.78, 5) is 27.8. The van der Waals surface area contributed by atoms with Gasteiger partial charge in [-0.05, 0) is 42.8 Å². The highest BCUT2D eigenvalue weighted by Crippen LogP contribution is 2.26. The zero-order valence-electron chi connectivity index (χ0n) is 21.4. The molecule has 3 amide bonds. The Hall–Kier alpha value is -4.66. The number of nitrogens with zero attached hydrogens (tertiary/aromatic N) is 3. The third-order valence-corrected chi connectivity index (χ3v) is 5.87. The predicted octanol–water partition coefficient (Wildman–Crippen LogP) is 5.96. The predicted molar refractivity (Wildman–Crippen MR) is 146 cm³/mol. The molecular weight excluding hydrogens is 485 g/mol. The third kappa shape index (κ3) is 6.56. The normalized spacial score (nSPS) is 10.6. The van der Waals surface area contributed by atoms with Crippen LogP contribution >= 0.6 is 0 Å². The monoisotopic (exact) mass is 515 g/mol. The van der Waals surface area contributed by atoms with E-state index < -0.39 is 6.03 Å². The molecule has 0 unspecified atom stereocenters. The average molecular weight is 516 g/mol. The number of nitrogens with one attached hydrogen (secondary N) is 2. The summed E-state index contributed by atoms with van der Waals surface area (Å²) in [6.45, 7) is 2.25. The van der Waals surface area contributed by atoms with E-state index in [0.717, 1.165) is 18.4 Å². The van der Waals surface area contributed by atoms with Crippen molar-refractivity contribution >= 4 is 23.4 Å². The number of ether oxygens (including phenoxy) is 1. The van der Waals surface area contributed by atoms with Crippen molar-refractivity contribution in [2.24, 2.45) is 0 Å². The van der Waals surface area contributed by atoms with E-state index in [4.69, 9.17) is 4.74 Å². The van der Waals surface area contributed by atoms with E-state index in [1.165, 1.54) is 24.1 Å². The number of para-hydroxylation sites is 2. The van der Waals surface area contributed by atoms with Crippen molar-refractivity contribution in [3.63, 3.8) is 0 Å². The van der Waals surface area contributed by atoms with Gasteiger partial charge in [0.25, 0.3) is 0 Å². The molecule has 0 spiro atoms. The average Bonchev–Trinajstić information content (AvgIpc) is 3.35. The number of rotatable bonds is 10. The fourth-order valence-electron chi connectivity index (χ4n) is 3.90. The molecule has 0 aliphatic carbocycles. The Morgan fingerprint density at radius 3 is 2.39 bits per heavy atom. The summed E-state index contributed by atoms with van der Waals surface area (Å²) in [5, 5.41) is 10.4. The first kappa shape index (κ1) is 26.4. The summed E-state index contributed by atoms with van der Waals surface area (Å²) in [5.41, 5.74) is 2.61. The molecule has 0 bridgehead atoms. The quantitative estimate of drug-likeness (QED) is 0.273. The van der Waals surface area contributed by atoms with Crippen molar-refractivity contribution in [3.05, 3.63) is 90.7 Å². The van der Waals surface area contributed by atoms with Crippen LogP contribution in [-0.4, -0.2) is 46.8 Å². The van der Waals surface area contributed by atoms with Gasteiger partial charge in [0.2, 0.25) is 5.91 Å². The molecule has 1 aromatic heterocycles. The Morgan fingerprint density at radius 2 is 1.68 bits per heavy atom. The first-order valence-electron chi connectivity index (χ1n) is 12.4. The minimum Gasteiger partial charge on any atom is -0.495 e. The van der Waals surface area contributed by atoms with Gasteiger partial charge in [-0.2, -0.15) is 5.10 Å². The maximum atomic E-state index is 13.6. The molecule has 2 N–H and O–H groups in total. The highest BCUT2D eigenvalue weighted by atomic mass is 19.1. The van der Waals surface area contributed by atoms with Crippen molar-refractivity contribution in [3.8, 4) is 22.7 Å². The summed E-state index contributed by atoms with van der Waals surface area (Å²) in [5.74, 6) is 0.167. The van der Waals surface area contributed by atoms with Crippen LogP contribution in [0.1, 0.15) is 19.8 Å². The van der Waals surface area contributed by atoms with Crippen LogP contribution in [0, 0.1) is 5.82 Å². The SMILES string of the molecule is CCCCN(CC(=O)Nc1cc(-c2ccccc2)nn1-c1ccc(F)cc1)C(=O)Nc1ccccc1OC. The third-order valence-electron chi connectivity index (χ3n) is 5.87. The zero-order valence-corrected chi connectivity index (χ0v) is 21.4. The van der Waals surface area contributed by atoms with Crippen LogP contribution in [0.3, 0.4) is 0 Å². The van der Waals surface area contributed by atoms with E-state index in [1.807, 2.05) is 43.3 Å². The zero-order chi connectivity index (χ0) is 26.9. The van der Waals surface area contributed by atoms with Gasteiger partial charge in [-0.15, -0.1) is 0 Å². The molecule has 8 nitrogen and oxygen atoms in total. The van der Waals surface area contributed by atoms with Crippen molar-refractivity contribution in [2.75, 3.05) is 30.8 Å². The molecule has 0 saturated carbocycles. The van der Waals surface area contributed by atoms with Gasteiger partial charge in [0, 0.05) is 18.2 Å². The number of carbonyl (C=O) groups excluding carboxylic acids is 2. The Labute approximate surface area is 221 Å². The van der Waals surface area contributed by atoms with Crippen LogP contribution in [0.2, 0.25) is 0 Å². The molecule has 9 heteroatoms. The molecule has 196 valence electrons. The van der Waals surface area contributed by atoms with Gasteiger partial charge in [0.1, 0.15) is 23.9 Å². The van der Waals surface area contributed by atoms with Crippen LogP contribution in [0.5, 0.6) is 5.75 Å². The van der Waals surface area contributed by atoms with Crippen LogP contribution in [0.4, 0.5) is 20.7 Å². The van der Waals surface area contributed by atoms with Crippen LogP contribution < -0.4 is 15.4 Å². The molecule has 3 aromatic carbocycles. The first-order valence-corrected chi connectivity index (χ1v) is 12.4. The summed E-state index contributed by atoms with van der Waals surface area (Å²) in [6, 6.07) is 23.8. The van der Waals surface area contributed by atoms with Gasteiger partial charge in [0.15, 0.2) is 0 Å². The summed E-state index contributed by atoms with van der Waals surface area (Å²) in [6.07, 6.45) is 1.59. The summed E-state index contributed by atoms with van der Waals surface area (Å²) in [7, 11) is 1.53. The van der Waals surface area contributed by atoms with Crippen molar-refractivity contribution in [1.82, 2.24) is 14.7 Å². The smallest absolute Gasteiger partial charge is 0.322 e. The molecule has 4 aromatic rings. The number of urea groups is 1. The molecule has 1 heterocycles. The Balaban J connectivity index is 1.56. The number of hydrogen-bond acceptors (Lipinski definition) is 4. The second-order valence-corrected chi connectivity index (χ2v) is 8.62. The van der Waals surface area contributed by atoms with Gasteiger partial charge < -0.3 is 20.3 Å². The van der Waals surface area contributed by atoms with Crippen LogP contribution in [0.25, 0.3) is 16.9 Å². The van der Waals surface area contributed by atoms with E-state index in [1.54, 1.807) is 41.1 Å². The lowest BCUT2D eigenvalue weighted by Gasteiger charge is -2.23. The Bertz CT molecular complexity index is 1370. The molecule has 38 heavy (non-hydrogen) atoms. The van der Waals surface area contributed by atoms with Gasteiger partial charge >= 0.3 is 6.03 Å². The maximum Gasteiger partial charge on any atom is 0.322 e. The Kier molecular flexibility index (Phi) is 8.71. The highest BCUT2D eigenvalue weighted by molar-refractivity contribution is 5.97. The number of halogens is 1. The molecule has 4 rings (SSSR count). The number of aromatic nitrogens is 2. The number of methoxy groups -OCH3 is 1. The molecule has 0 radical (unpaired) electrons. The summed E-state index contributed by atoms with van der Waals surface area (Å²) < 4.78 is 20.4. The van der Waals surface area contributed by atoms with Gasteiger partial charge in [0.05, 0.1) is 24.2 Å². The molecule has 0 atom stereocenters. The van der Waals surface area contributed by atoms with E-state index in [-0.39, 0.29) is 18.3 Å². The number of carbonyl (C=O) groups is 2. The van der Waals surface area contributed by atoms with Gasteiger partial charge in [-0.3, -0.25) is 4.79 Å². The fraction of sp³-hybridized carbons (Fsp3) is 0.207. The topological polar surface area (TPSA) is 88.5 Å². The Morgan fingerprint density at radius 1 is 0.974 bits per heavy atom. The van der Waals surface area contributed by atoms with Crippen molar-refractivity contribution < 1.29 is 18.7 Å². The molecule has 0 saturated heterocycles. The number of hydrogen-bond donors (Lipinski definition) is 2. The first-order chi connectivity index (χ1) is 18.5. The fourth-order valence-corrected chi connectivity index (χ4v) is 3.90. The van der Waals surface area contributed by atoms with Crippen molar-refractivity contribution in [2.45, 2.75) is 19.8 Å². The molecule has 0 aliphatic rings. The van der Waals surface area contributed by atoms with Crippen molar-refractivity contribution in [1.29, 1.82) is 0 Å². The molecule has 0 fully saturated rings. The maximum absolute atomic E-state index is 13.6. The minimum atomic E-state index is -0.407. The highest BCUT2D eigenvalue weighted by Gasteiger charge is 2.20.